The Kier molecular flexibility index (Phi) is 4.90. The summed E-state index contributed by atoms with van der Waals surface area (Å²) < 4.78 is 15.6. The lowest BCUT2D eigenvalue weighted by atomic mass is 10.0. The third-order valence-electron chi connectivity index (χ3n) is 5.13. The lowest BCUT2D eigenvalue weighted by Gasteiger charge is -2.23. The highest BCUT2D eigenvalue weighted by Gasteiger charge is 2.22. The quantitative estimate of drug-likeness (QED) is 0.506. The van der Waals surface area contributed by atoms with Gasteiger partial charge in [0, 0.05) is 41.8 Å². The number of likely N-dealkylation sites (N-methyl/N-ethyl adjacent to an activating group) is 1. The van der Waals surface area contributed by atoms with Crippen molar-refractivity contribution < 1.29 is 4.39 Å². The average Bonchev–Trinajstić information content (AvgIpc) is 2.94. The van der Waals surface area contributed by atoms with Crippen LogP contribution in [0.1, 0.15) is 23.7 Å². The molecule has 0 unspecified atom stereocenters. The smallest absolute Gasteiger partial charge is 0.123 e. The Labute approximate surface area is 164 Å². The predicted molar refractivity (Wildman–Crippen MR) is 112 cm³/mol. The molecular weight excluding hydrogens is 359 g/mol. The van der Waals surface area contributed by atoms with Gasteiger partial charge in [0.05, 0.1) is 5.52 Å². The van der Waals surface area contributed by atoms with Crippen molar-refractivity contribution in [3.8, 4) is 0 Å². The lowest BCUT2D eigenvalue weighted by Crippen LogP contribution is -2.26. The van der Waals surface area contributed by atoms with Crippen molar-refractivity contribution in [1.29, 1.82) is 0 Å². The molecule has 4 rings (SSSR count). The molecule has 0 radical (unpaired) electrons. The van der Waals surface area contributed by atoms with E-state index in [0.29, 0.717) is 0 Å². The molecule has 1 aromatic heterocycles. The summed E-state index contributed by atoms with van der Waals surface area (Å²) in [6, 6.07) is 12.7. The van der Waals surface area contributed by atoms with Crippen LogP contribution in [-0.2, 0) is 13.0 Å². The average molecular weight is 381 g/mol. The van der Waals surface area contributed by atoms with Gasteiger partial charge in [0.1, 0.15) is 5.82 Å². The maximum absolute atomic E-state index is 13.4. The van der Waals surface area contributed by atoms with Crippen LogP contribution in [0.3, 0.4) is 0 Å². The van der Waals surface area contributed by atoms with E-state index in [1.165, 1.54) is 28.8 Å². The van der Waals surface area contributed by atoms with Crippen LogP contribution < -0.4 is 0 Å². The second-order valence-corrected chi connectivity index (χ2v) is 7.47. The van der Waals surface area contributed by atoms with Crippen LogP contribution in [0.5, 0.6) is 0 Å². The molecule has 1 aliphatic heterocycles. The zero-order valence-corrected chi connectivity index (χ0v) is 16.3. The summed E-state index contributed by atoms with van der Waals surface area (Å²) >= 11 is 6.29. The van der Waals surface area contributed by atoms with E-state index in [1.54, 1.807) is 0 Å². The second kappa shape index (κ2) is 7.34. The third-order valence-corrected chi connectivity index (χ3v) is 5.37. The van der Waals surface area contributed by atoms with Crippen LogP contribution in [0.25, 0.3) is 22.7 Å². The van der Waals surface area contributed by atoms with Crippen molar-refractivity contribution in [3.63, 3.8) is 0 Å². The van der Waals surface area contributed by atoms with Gasteiger partial charge in [-0.2, -0.15) is 0 Å². The van der Waals surface area contributed by atoms with Gasteiger partial charge in [-0.3, -0.25) is 0 Å². The van der Waals surface area contributed by atoms with E-state index < -0.39 is 0 Å². The molecule has 2 aromatic carbocycles. The molecule has 27 heavy (non-hydrogen) atoms. The molecular formula is C23H22ClFN2. The van der Waals surface area contributed by atoms with Crippen molar-refractivity contribution >= 4 is 34.3 Å². The first-order chi connectivity index (χ1) is 13.1. The Hall–Kier alpha value is -2.36. The Bertz CT molecular complexity index is 1040. The number of aromatic nitrogens is 1. The van der Waals surface area contributed by atoms with Crippen molar-refractivity contribution in [1.82, 2.24) is 9.47 Å². The predicted octanol–water partition coefficient (Wildman–Crippen LogP) is 6.00. The Morgan fingerprint density at radius 3 is 2.67 bits per heavy atom. The largest absolute Gasteiger partial charge is 0.319 e. The first-order valence-electron chi connectivity index (χ1n) is 9.17. The number of nitrogens with zero attached hydrogens (tertiary/aromatic N) is 2. The van der Waals surface area contributed by atoms with Crippen molar-refractivity contribution in [2.75, 3.05) is 13.6 Å². The van der Waals surface area contributed by atoms with Crippen LogP contribution in [-0.4, -0.2) is 23.1 Å². The van der Waals surface area contributed by atoms with Crippen molar-refractivity contribution in [2.24, 2.45) is 0 Å². The minimum atomic E-state index is -0.222. The highest BCUT2D eigenvalue weighted by atomic mass is 35.5. The van der Waals surface area contributed by atoms with Gasteiger partial charge in [-0.25, -0.2) is 4.39 Å². The highest BCUT2D eigenvalue weighted by Crippen LogP contribution is 2.34. The van der Waals surface area contributed by atoms with Crippen LogP contribution in [0.2, 0.25) is 5.02 Å². The minimum absolute atomic E-state index is 0.222. The molecule has 0 aliphatic carbocycles. The van der Waals surface area contributed by atoms with Gasteiger partial charge >= 0.3 is 0 Å². The number of hydrogen-bond donors (Lipinski definition) is 0. The van der Waals surface area contributed by atoms with Crippen LogP contribution in [0.4, 0.5) is 4.39 Å². The summed E-state index contributed by atoms with van der Waals surface area (Å²) in [5.74, 6) is -0.222. The SMILES string of the molecule is CC=CC(=Cn1c2c(c3cc(Cl)ccc31)CN(C)CC2)c1ccc(F)cc1. The van der Waals surface area contributed by atoms with Crippen molar-refractivity contribution in [2.45, 2.75) is 19.9 Å². The van der Waals surface area contributed by atoms with E-state index >= 15 is 0 Å². The summed E-state index contributed by atoms with van der Waals surface area (Å²) in [4.78, 5) is 2.34. The summed E-state index contributed by atoms with van der Waals surface area (Å²) in [7, 11) is 2.15. The summed E-state index contributed by atoms with van der Waals surface area (Å²) in [6.07, 6.45) is 7.23. The molecule has 0 spiro atoms. The molecule has 0 atom stereocenters. The summed E-state index contributed by atoms with van der Waals surface area (Å²) in [5.41, 5.74) is 5.87. The number of rotatable bonds is 3. The third kappa shape index (κ3) is 3.45. The molecule has 2 nitrogen and oxygen atoms in total. The van der Waals surface area contributed by atoms with Gasteiger partial charge in [0.15, 0.2) is 0 Å². The molecule has 0 amide bonds. The minimum Gasteiger partial charge on any atom is -0.319 e. The van der Waals surface area contributed by atoms with E-state index in [0.717, 1.165) is 41.2 Å². The Morgan fingerprint density at radius 1 is 1.15 bits per heavy atom. The molecule has 2 heterocycles. The molecule has 4 heteroatoms. The van der Waals surface area contributed by atoms with Crippen LogP contribution in [0.15, 0.2) is 54.6 Å². The van der Waals surface area contributed by atoms with E-state index in [-0.39, 0.29) is 5.82 Å². The molecule has 1 aliphatic rings. The number of hydrogen-bond acceptors (Lipinski definition) is 1. The number of allylic oxidation sites excluding steroid dienone is 3. The van der Waals surface area contributed by atoms with Gasteiger partial charge in [-0.1, -0.05) is 35.9 Å². The van der Waals surface area contributed by atoms with Gasteiger partial charge in [-0.15, -0.1) is 0 Å². The fraction of sp³-hybridized carbons (Fsp3) is 0.217. The topological polar surface area (TPSA) is 8.17 Å². The molecule has 0 N–H and O–H groups in total. The molecule has 3 aromatic rings. The Balaban J connectivity index is 1.94. The van der Waals surface area contributed by atoms with E-state index in [9.17, 15) is 4.39 Å². The second-order valence-electron chi connectivity index (χ2n) is 7.04. The normalized spacial score (nSPS) is 15.6. The Morgan fingerprint density at radius 2 is 1.93 bits per heavy atom. The molecule has 0 fully saturated rings. The molecule has 0 saturated heterocycles. The molecule has 0 saturated carbocycles. The fourth-order valence-corrected chi connectivity index (χ4v) is 3.99. The molecule has 0 bridgehead atoms. The van der Waals surface area contributed by atoms with Gasteiger partial charge in [0.25, 0.3) is 0 Å². The maximum atomic E-state index is 13.4. The van der Waals surface area contributed by atoms with Crippen LogP contribution >= 0.6 is 11.6 Å². The van der Waals surface area contributed by atoms with E-state index in [1.807, 2.05) is 31.2 Å². The van der Waals surface area contributed by atoms with E-state index in [4.69, 9.17) is 11.6 Å². The first kappa shape index (κ1) is 18.0. The van der Waals surface area contributed by atoms with Crippen molar-refractivity contribution in [3.05, 3.63) is 82.3 Å². The highest BCUT2D eigenvalue weighted by molar-refractivity contribution is 6.31. The molecule has 138 valence electrons. The monoisotopic (exact) mass is 380 g/mol. The summed E-state index contributed by atoms with van der Waals surface area (Å²) in [5, 5.41) is 1.96. The zero-order chi connectivity index (χ0) is 19.0. The maximum Gasteiger partial charge on any atom is 0.123 e. The zero-order valence-electron chi connectivity index (χ0n) is 15.5. The standard InChI is InChI=1S/C23H22ClFN2/c1-3-4-17(16-5-8-19(25)9-6-16)14-27-22-10-7-18(24)13-20(22)21-15-26(2)12-11-23(21)27/h3-10,13-14H,11-12,15H2,1-2H3. The van der Waals surface area contributed by atoms with Gasteiger partial charge in [0.2, 0.25) is 0 Å². The number of benzene rings is 2. The van der Waals surface area contributed by atoms with E-state index in [2.05, 4.69) is 40.9 Å². The fourth-order valence-electron chi connectivity index (χ4n) is 3.82. The first-order valence-corrected chi connectivity index (χ1v) is 9.55. The summed E-state index contributed by atoms with van der Waals surface area (Å²) in [6.45, 7) is 3.94. The van der Waals surface area contributed by atoms with Crippen LogP contribution in [0, 0.1) is 5.82 Å². The number of halogens is 2. The van der Waals surface area contributed by atoms with Gasteiger partial charge in [-0.05, 0) is 61.0 Å². The lowest BCUT2D eigenvalue weighted by molar-refractivity contribution is 0.312. The van der Waals surface area contributed by atoms with Gasteiger partial charge < -0.3 is 9.47 Å². The number of fused-ring (bicyclic) bond motifs is 3.